The molecule has 5 nitrogen and oxygen atoms in total. The molecule has 1 rings (SSSR count). The smallest absolute Gasteiger partial charge is 0.240 e. The largest absolute Gasteiger partial charge is 0.243 e. The van der Waals surface area contributed by atoms with Gasteiger partial charge in [0, 0.05) is 0 Å². The summed E-state index contributed by atoms with van der Waals surface area (Å²) in [6.07, 6.45) is 11.7. The molecule has 0 aliphatic heterocycles. The third-order valence-corrected chi connectivity index (χ3v) is 2.48. The number of hydrogen-bond donors (Lipinski definition) is 0. The lowest BCUT2D eigenvalue weighted by molar-refractivity contribution is -0.671. The zero-order valence-corrected chi connectivity index (χ0v) is 11.6. The second-order valence-electron chi connectivity index (χ2n) is 4.20. The molecule has 0 atom stereocenters. The molecule has 1 heterocycles. The van der Waals surface area contributed by atoms with Crippen molar-refractivity contribution in [3.63, 3.8) is 0 Å². The Morgan fingerprint density at radius 2 is 1.74 bits per heavy atom. The van der Waals surface area contributed by atoms with E-state index in [9.17, 15) is 0 Å². The average Bonchev–Trinajstić information content (AvgIpc) is 2.83. The van der Waals surface area contributed by atoms with Crippen molar-refractivity contribution in [2.24, 2.45) is 13.0 Å². The van der Waals surface area contributed by atoms with E-state index in [1.54, 1.807) is 0 Å². The summed E-state index contributed by atoms with van der Waals surface area (Å²) in [7, 11) is 2.06. The lowest BCUT2D eigenvalue weighted by atomic mass is 10.2. The minimum Gasteiger partial charge on any atom is -0.240 e. The van der Waals surface area contributed by atoms with Crippen molar-refractivity contribution in [2.75, 3.05) is 0 Å². The first-order valence-corrected chi connectivity index (χ1v) is 6.37. The van der Waals surface area contributed by atoms with Gasteiger partial charge in [-0.25, -0.2) is 9.13 Å². The monoisotopic (exact) mass is 258 g/mol. The number of nitrogens with zero attached hydrogens (tertiary/aromatic N) is 5. The van der Waals surface area contributed by atoms with Gasteiger partial charge in [0.15, 0.2) is 0 Å². The van der Waals surface area contributed by atoms with Crippen LogP contribution >= 0.6 is 0 Å². The van der Waals surface area contributed by atoms with Gasteiger partial charge in [0.05, 0.1) is 31.8 Å². The lowest BCUT2D eigenvalue weighted by Crippen LogP contribution is -2.23. The quantitative estimate of drug-likeness (QED) is 0.599. The molecule has 1 aromatic heterocycles. The van der Waals surface area contributed by atoms with Crippen LogP contribution in [0, 0.1) is 39.9 Å². The Kier molecular flexibility index (Phi) is 9.49. The Bertz CT molecular complexity index is 436. The normalized spacial score (nSPS) is 8.84. The summed E-state index contributed by atoms with van der Waals surface area (Å²) in [5.74, 6) is -1.10. The third kappa shape index (κ3) is 8.41. The fourth-order valence-corrected chi connectivity index (χ4v) is 1.44. The van der Waals surface area contributed by atoms with Crippen LogP contribution in [0.1, 0.15) is 32.6 Å². The van der Waals surface area contributed by atoms with Crippen LogP contribution < -0.4 is 4.57 Å². The van der Waals surface area contributed by atoms with E-state index in [1.807, 2.05) is 0 Å². The lowest BCUT2D eigenvalue weighted by Gasteiger charge is -1.95. The zero-order chi connectivity index (χ0) is 14.5. The molecule has 0 fully saturated rings. The highest BCUT2D eigenvalue weighted by Gasteiger charge is 1.98. The maximum absolute atomic E-state index is 7.83. The van der Waals surface area contributed by atoms with Crippen LogP contribution in [0.5, 0.6) is 0 Å². The average molecular weight is 258 g/mol. The first-order chi connectivity index (χ1) is 9.17. The maximum atomic E-state index is 7.83. The molecule has 0 aliphatic carbocycles. The molecule has 5 heteroatoms. The molecule has 0 saturated carbocycles. The second kappa shape index (κ2) is 10.8. The topological polar surface area (TPSA) is 80.2 Å². The number of imidazole rings is 1. The number of hydrogen-bond acceptors (Lipinski definition) is 3. The molecule has 0 radical (unpaired) electrons. The standard InChI is InChI=1S/C10H19N2.C4HN3/c1-3-4-5-6-7-12-9-8-11(2)10-12;5-1-4(2-6)3-7/h8-10H,3-7H2,1-2H3;4H/q+1;. The van der Waals surface area contributed by atoms with Gasteiger partial charge in [-0.3, -0.25) is 0 Å². The van der Waals surface area contributed by atoms with Crippen LogP contribution in [-0.4, -0.2) is 4.57 Å². The van der Waals surface area contributed by atoms with Gasteiger partial charge in [0.25, 0.3) is 0 Å². The second-order valence-corrected chi connectivity index (χ2v) is 4.20. The number of unbranched alkanes of at least 4 members (excludes halogenated alkanes) is 3. The number of rotatable bonds is 5. The van der Waals surface area contributed by atoms with Crippen molar-refractivity contribution in [2.45, 2.75) is 39.2 Å². The Morgan fingerprint density at radius 3 is 2.11 bits per heavy atom. The molecular formula is C14H20N5+. The molecule has 0 aliphatic rings. The van der Waals surface area contributed by atoms with Gasteiger partial charge in [-0.2, -0.15) is 15.8 Å². The molecule has 1 aromatic rings. The van der Waals surface area contributed by atoms with Gasteiger partial charge in [-0.1, -0.05) is 19.8 Å². The molecule has 0 unspecified atom stereocenters. The Labute approximate surface area is 114 Å². The molecule has 19 heavy (non-hydrogen) atoms. The van der Waals surface area contributed by atoms with Gasteiger partial charge in [0.1, 0.15) is 12.4 Å². The van der Waals surface area contributed by atoms with E-state index in [4.69, 9.17) is 15.8 Å². The minimum atomic E-state index is -1.10. The van der Waals surface area contributed by atoms with Crippen molar-refractivity contribution in [1.29, 1.82) is 15.8 Å². The minimum absolute atomic E-state index is 1.10. The Balaban J connectivity index is 0.000000399. The van der Waals surface area contributed by atoms with Gasteiger partial charge in [0.2, 0.25) is 12.2 Å². The first-order valence-electron chi connectivity index (χ1n) is 6.37. The van der Waals surface area contributed by atoms with Crippen molar-refractivity contribution in [3.05, 3.63) is 18.7 Å². The van der Waals surface area contributed by atoms with E-state index in [0.717, 1.165) is 0 Å². The number of nitriles is 3. The molecular weight excluding hydrogens is 238 g/mol. The highest BCUT2D eigenvalue weighted by atomic mass is 15.1. The van der Waals surface area contributed by atoms with Crippen LogP contribution in [0.15, 0.2) is 18.7 Å². The molecule has 0 N–H and O–H groups in total. The van der Waals surface area contributed by atoms with E-state index in [1.165, 1.54) is 50.4 Å². The van der Waals surface area contributed by atoms with Crippen LogP contribution in [0.3, 0.4) is 0 Å². The predicted octanol–water partition coefficient (Wildman–Crippen LogP) is 2.07. The SMILES string of the molecule is CCCCCCn1cc[n+](C)c1.N#CC(C#N)C#N. The van der Waals surface area contributed by atoms with Gasteiger partial charge in [-0.05, 0) is 12.8 Å². The molecule has 0 aromatic carbocycles. The summed E-state index contributed by atoms with van der Waals surface area (Å²) in [4.78, 5) is 0. The van der Waals surface area contributed by atoms with Crippen molar-refractivity contribution in [1.82, 2.24) is 4.57 Å². The summed E-state index contributed by atoms with van der Waals surface area (Å²) in [6.45, 7) is 3.41. The van der Waals surface area contributed by atoms with Crippen molar-refractivity contribution in [3.8, 4) is 18.2 Å². The fourth-order valence-electron chi connectivity index (χ4n) is 1.44. The van der Waals surface area contributed by atoms with E-state index >= 15 is 0 Å². The van der Waals surface area contributed by atoms with Crippen molar-refractivity contribution < 1.29 is 4.57 Å². The summed E-state index contributed by atoms with van der Waals surface area (Å²) >= 11 is 0. The number of aromatic nitrogens is 2. The van der Waals surface area contributed by atoms with Crippen LogP contribution in [0.2, 0.25) is 0 Å². The summed E-state index contributed by atoms with van der Waals surface area (Å²) in [5, 5.41) is 23.5. The fraction of sp³-hybridized carbons (Fsp3) is 0.571. The summed E-state index contributed by atoms with van der Waals surface area (Å²) in [5.41, 5.74) is 0. The molecule has 0 saturated heterocycles. The predicted molar refractivity (Wildman–Crippen MR) is 70.1 cm³/mol. The van der Waals surface area contributed by atoms with Gasteiger partial charge >= 0.3 is 0 Å². The van der Waals surface area contributed by atoms with E-state index in [2.05, 4.69) is 41.8 Å². The van der Waals surface area contributed by atoms with E-state index < -0.39 is 5.92 Å². The highest BCUT2D eigenvalue weighted by Crippen LogP contribution is 2.00. The summed E-state index contributed by atoms with van der Waals surface area (Å²) < 4.78 is 4.33. The van der Waals surface area contributed by atoms with Crippen LogP contribution in [0.4, 0.5) is 0 Å². The van der Waals surface area contributed by atoms with Crippen molar-refractivity contribution >= 4 is 0 Å². The van der Waals surface area contributed by atoms with E-state index in [-0.39, 0.29) is 0 Å². The van der Waals surface area contributed by atoms with Gasteiger partial charge < -0.3 is 0 Å². The summed E-state index contributed by atoms with van der Waals surface area (Å²) in [6, 6.07) is 4.44. The first kappa shape index (κ1) is 16.7. The van der Waals surface area contributed by atoms with Gasteiger partial charge in [-0.15, -0.1) is 0 Å². The molecule has 0 spiro atoms. The third-order valence-electron chi connectivity index (χ3n) is 2.48. The Hall–Kier alpha value is -2.32. The molecule has 0 bridgehead atoms. The number of aryl methyl sites for hydroxylation is 2. The van der Waals surface area contributed by atoms with Crippen LogP contribution in [-0.2, 0) is 13.6 Å². The van der Waals surface area contributed by atoms with E-state index in [0.29, 0.717) is 0 Å². The molecule has 0 amide bonds. The van der Waals surface area contributed by atoms with Crippen LogP contribution in [0.25, 0.3) is 0 Å². The Morgan fingerprint density at radius 1 is 1.11 bits per heavy atom. The highest BCUT2D eigenvalue weighted by molar-refractivity contribution is 5.11. The maximum Gasteiger partial charge on any atom is 0.243 e. The zero-order valence-electron chi connectivity index (χ0n) is 11.6. The molecule has 100 valence electrons.